The number of rotatable bonds is 3. The van der Waals surface area contributed by atoms with Gasteiger partial charge in [0.1, 0.15) is 11.4 Å². The van der Waals surface area contributed by atoms with Crippen LogP contribution in [0.3, 0.4) is 0 Å². The van der Waals surface area contributed by atoms with Gasteiger partial charge in [0, 0.05) is 19.0 Å². The molecule has 0 saturated carbocycles. The van der Waals surface area contributed by atoms with E-state index in [9.17, 15) is 5.11 Å². The molecule has 3 N–H and O–H groups in total. The van der Waals surface area contributed by atoms with E-state index in [1.807, 2.05) is 39.8 Å². The molecule has 1 saturated heterocycles. The number of aliphatic hydroxyl groups excluding tert-OH is 1. The monoisotopic (exact) mass is 279 g/mol. The molecule has 0 bridgehead atoms. The Kier molecular flexibility index (Phi) is 4.09. The summed E-state index contributed by atoms with van der Waals surface area (Å²) in [6.07, 6.45) is 0.707. The molecular formula is C15H25N3O2. The predicted octanol–water partition coefficient (Wildman–Crippen LogP) is 2.05. The Morgan fingerprint density at radius 3 is 2.70 bits per heavy atom. The molecule has 1 aliphatic heterocycles. The van der Waals surface area contributed by atoms with Crippen molar-refractivity contribution in [3.05, 3.63) is 12.1 Å². The fraction of sp³-hybridized carbons (Fsp3) is 0.667. The van der Waals surface area contributed by atoms with E-state index in [2.05, 4.69) is 9.88 Å². The van der Waals surface area contributed by atoms with Gasteiger partial charge in [-0.1, -0.05) is 0 Å². The maximum Gasteiger partial charge on any atom is 0.239 e. The third-order valence-electron chi connectivity index (χ3n) is 3.51. The first-order valence-electron chi connectivity index (χ1n) is 7.15. The summed E-state index contributed by atoms with van der Waals surface area (Å²) in [6, 6.07) is 3.74. The molecule has 112 valence electrons. The minimum Gasteiger partial charge on any atom is -0.470 e. The lowest BCUT2D eigenvalue weighted by Gasteiger charge is -2.24. The van der Waals surface area contributed by atoms with E-state index >= 15 is 0 Å². The summed E-state index contributed by atoms with van der Waals surface area (Å²) in [4.78, 5) is 6.70. The normalized spacial score (nSPS) is 21.1. The van der Waals surface area contributed by atoms with E-state index in [-0.39, 0.29) is 11.7 Å². The van der Waals surface area contributed by atoms with E-state index in [4.69, 9.17) is 10.5 Å². The maximum absolute atomic E-state index is 9.68. The predicted molar refractivity (Wildman–Crippen MR) is 81.0 cm³/mol. The Morgan fingerprint density at radius 2 is 2.15 bits per heavy atom. The lowest BCUT2D eigenvalue weighted by atomic mass is 10.0. The zero-order valence-corrected chi connectivity index (χ0v) is 12.8. The molecule has 0 spiro atoms. The van der Waals surface area contributed by atoms with Crippen LogP contribution < -0.4 is 15.4 Å². The molecule has 1 aromatic rings. The van der Waals surface area contributed by atoms with Crippen LogP contribution in [0.5, 0.6) is 5.88 Å². The highest BCUT2D eigenvalue weighted by atomic mass is 16.5. The number of hydrogen-bond donors (Lipinski definition) is 2. The van der Waals surface area contributed by atoms with E-state index in [1.54, 1.807) is 0 Å². The lowest BCUT2D eigenvalue weighted by molar-refractivity contribution is 0.125. The molecule has 1 aromatic heterocycles. The van der Waals surface area contributed by atoms with Gasteiger partial charge in [-0.05, 0) is 46.2 Å². The molecule has 1 fully saturated rings. The van der Waals surface area contributed by atoms with Crippen LogP contribution in [0.2, 0.25) is 0 Å². The number of nitrogens with zero attached hydrogens (tertiary/aromatic N) is 2. The van der Waals surface area contributed by atoms with Gasteiger partial charge in [0.25, 0.3) is 0 Å². The first-order valence-corrected chi connectivity index (χ1v) is 7.15. The van der Waals surface area contributed by atoms with Gasteiger partial charge < -0.3 is 20.5 Å². The summed E-state index contributed by atoms with van der Waals surface area (Å²) in [6.45, 7) is 9.49. The number of aliphatic hydroxyl groups is 1. The standard InChI is InChI=1S/C15H25N3O2/c1-10(19)11-7-8-18(9-11)13-6-5-12(16)14(17-13)20-15(2,3)4/h5-6,10-11,19H,7-9,16H2,1-4H3. The third-order valence-corrected chi connectivity index (χ3v) is 3.51. The first-order chi connectivity index (χ1) is 9.26. The third kappa shape index (κ3) is 3.54. The van der Waals surface area contributed by atoms with Crippen LogP contribution in [0.15, 0.2) is 12.1 Å². The molecule has 0 radical (unpaired) electrons. The Balaban J connectivity index is 2.16. The smallest absolute Gasteiger partial charge is 0.239 e. The number of aromatic nitrogens is 1. The molecule has 20 heavy (non-hydrogen) atoms. The summed E-state index contributed by atoms with van der Waals surface area (Å²) in [5.41, 5.74) is 6.15. The van der Waals surface area contributed by atoms with Crippen LogP contribution >= 0.6 is 0 Å². The Morgan fingerprint density at radius 1 is 1.45 bits per heavy atom. The molecule has 0 amide bonds. The lowest BCUT2D eigenvalue weighted by Crippen LogP contribution is -2.26. The van der Waals surface area contributed by atoms with Crippen LogP contribution in [0.1, 0.15) is 34.1 Å². The summed E-state index contributed by atoms with van der Waals surface area (Å²) >= 11 is 0. The van der Waals surface area contributed by atoms with Gasteiger partial charge in [-0.15, -0.1) is 0 Å². The molecule has 2 heterocycles. The number of nitrogens with two attached hydrogens (primary N) is 1. The number of anilines is 2. The average molecular weight is 279 g/mol. The van der Waals surface area contributed by atoms with Gasteiger partial charge >= 0.3 is 0 Å². The second-order valence-electron chi connectivity index (χ2n) is 6.51. The van der Waals surface area contributed by atoms with Gasteiger partial charge in [-0.3, -0.25) is 0 Å². The van der Waals surface area contributed by atoms with E-state index in [0.717, 1.165) is 25.3 Å². The number of pyridine rings is 1. The van der Waals surface area contributed by atoms with Crippen molar-refractivity contribution in [3.8, 4) is 5.88 Å². The van der Waals surface area contributed by atoms with Crippen molar-refractivity contribution >= 4 is 11.5 Å². The molecule has 5 nitrogen and oxygen atoms in total. The summed E-state index contributed by atoms with van der Waals surface area (Å²) < 4.78 is 5.79. The number of hydrogen-bond acceptors (Lipinski definition) is 5. The van der Waals surface area contributed by atoms with Crippen molar-refractivity contribution < 1.29 is 9.84 Å². The van der Waals surface area contributed by atoms with E-state index in [0.29, 0.717) is 17.5 Å². The number of ether oxygens (including phenoxy) is 1. The first kappa shape index (κ1) is 14.9. The van der Waals surface area contributed by atoms with Crippen LogP contribution in [-0.4, -0.2) is 34.9 Å². The van der Waals surface area contributed by atoms with Gasteiger partial charge in [-0.25, -0.2) is 0 Å². The molecule has 0 aromatic carbocycles. The van der Waals surface area contributed by atoms with Crippen molar-refractivity contribution in [2.75, 3.05) is 23.7 Å². The van der Waals surface area contributed by atoms with Gasteiger partial charge in [0.15, 0.2) is 0 Å². The topological polar surface area (TPSA) is 71.6 Å². The highest BCUT2D eigenvalue weighted by molar-refractivity contribution is 5.55. The number of nitrogen functional groups attached to an aromatic ring is 1. The quantitative estimate of drug-likeness (QED) is 0.886. The van der Waals surface area contributed by atoms with E-state index < -0.39 is 0 Å². The SMILES string of the molecule is CC(O)C1CCN(c2ccc(N)c(OC(C)(C)C)n2)C1. The Labute approximate surface area is 120 Å². The fourth-order valence-corrected chi connectivity index (χ4v) is 2.38. The van der Waals surface area contributed by atoms with Crippen molar-refractivity contribution in [2.45, 2.75) is 45.8 Å². The highest BCUT2D eigenvalue weighted by Gasteiger charge is 2.27. The molecular weight excluding hydrogens is 254 g/mol. The zero-order valence-electron chi connectivity index (χ0n) is 12.8. The van der Waals surface area contributed by atoms with Crippen LogP contribution in [-0.2, 0) is 0 Å². The minimum atomic E-state index is -0.326. The van der Waals surface area contributed by atoms with Gasteiger partial charge in [-0.2, -0.15) is 4.98 Å². The van der Waals surface area contributed by atoms with Crippen molar-refractivity contribution in [2.24, 2.45) is 5.92 Å². The summed E-state index contributed by atoms with van der Waals surface area (Å²) in [5, 5.41) is 9.68. The average Bonchev–Trinajstić information content (AvgIpc) is 2.79. The fourth-order valence-electron chi connectivity index (χ4n) is 2.38. The molecule has 0 aliphatic carbocycles. The molecule has 1 aliphatic rings. The molecule has 2 rings (SSSR count). The van der Waals surface area contributed by atoms with Crippen molar-refractivity contribution in [1.82, 2.24) is 4.98 Å². The van der Waals surface area contributed by atoms with Crippen LogP contribution in [0.25, 0.3) is 0 Å². The minimum absolute atomic E-state index is 0.279. The highest BCUT2D eigenvalue weighted by Crippen LogP contribution is 2.29. The van der Waals surface area contributed by atoms with Gasteiger partial charge in [0.2, 0.25) is 5.88 Å². The van der Waals surface area contributed by atoms with Crippen LogP contribution in [0.4, 0.5) is 11.5 Å². The zero-order chi connectivity index (χ0) is 14.9. The van der Waals surface area contributed by atoms with Crippen LogP contribution in [0, 0.1) is 5.92 Å². The largest absolute Gasteiger partial charge is 0.470 e. The summed E-state index contributed by atoms with van der Waals surface area (Å²) in [5.74, 6) is 1.65. The summed E-state index contributed by atoms with van der Waals surface area (Å²) in [7, 11) is 0. The molecule has 5 heteroatoms. The maximum atomic E-state index is 9.68. The Bertz CT molecular complexity index is 469. The second kappa shape index (κ2) is 5.48. The van der Waals surface area contributed by atoms with Crippen molar-refractivity contribution in [1.29, 1.82) is 0 Å². The molecule has 2 unspecified atom stereocenters. The van der Waals surface area contributed by atoms with Crippen molar-refractivity contribution in [3.63, 3.8) is 0 Å². The molecule has 2 atom stereocenters. The van der Waals surface area contributed by atoms with E-state index in [1.165, 1.54) is 0 Å². The Hall–Kier alpha value is -1.49. The second-order valence-corrected chi connectivity index (χ2v) is 6.51. The van der Waals surface area contributed by atoms with Gasteiger partial charge in [0.05, 0.1) is 11.8 Å².